The van der Waals surface area contributed by atoms with Crippen LogP contribution in [0, 0.1) is 0 Å². The van der Waals surface area contributed by atoms with Crippen molar-refractivity contribution in [3.63, 3.8) is 0 Å². The third-order valence-electron chi connectivity index (χ3n) is 3.17. The predicted molar refractivity (Wildman–Crippen MR) is 72.1 cm³/mol. The molecule has 92 valence electrons. The molecular weight excluding hydrogens is 280 g/mol. The molecule has 3 nitrogen and oxygen atoms in total. The summed E-state index contributed by atoms with van der Waals surface area (Å²) >= 11 is 3.41. The summed E-state index contributed by atoms with van der Waals surface area (Å²) < 4.78 is 0.874. The normalized spacial score (nSPS) is 18.2. The number of hydrogen-bond donors (Lipinski definition) is 1. The van der Waals surface area contributed by atoms with Crippen molar-refractivity contribution in [2.45, 2.75) is 18.9 Å². The van der Waals surface area contributed by atoms with Crippen LogP contribution >= 0.6 is 15.9 Å². The van der Waals surface area contributed by atoms with Crippen molar-refractivity contribution in [2.24, 2.45) is 5.73 Å². The van der Waals surface area contributed by atoms with Crippen LogP contribution in [0.1, 0.15) is 23.2 Å². The SMILES string of the molecule is NC1CCN(CC(=O)c2ccccc2Br)CC1. The molecule has 1 heterocycles. The maximum atomic E-state index is 12.1. The number of nitrogens with two attached hydrogens (primary N) is 1. The number of halogens is 1. The van der Waals surface area contributed by atoms with E-state index in [2.05, 4.69) is 20.8 Å². The molecule has 1 fully saturated rings. The highest BCUT2D eigenvalue weighted by atomic mass is 79.9. The van der Waals surface area contributed by atoms with Crippen LogP contribution in [0.5, 0.6) is 0 Å². The van der Waals surface area contributed by atoms with E-state index >= 15 is 0 Å². The van der Waals surface area contributed by atoms with E-state index in [1.54, 1.807) is 0 Å². The van der Waals surface area contributed by atoms with Gasteiger partial charge in [0.15, 0.2) is 5.78 Å². The lowest BCUT2D eigenvalue weighted by Gasteiger charge is -2.29. The second kappa shape index (κ2) is 5.76. The van der Waals surface area contributed by atoms with Gasteiger partial charge in [0.05, 0.1) is 6.54 Å². The second-order valence-corrected chi connectivity index (χ2v) is 5.37. The first-order chi connectivity index (χ1) is 8.16. The fraction of sp³-hybridized carbons (Fsp3) is 0.462. The third kappa shape index (κ3) is 3.37. The highest BCUT2D eigenvalue weighted by Crippen LogP contribution is 2.17. The Kier molecular flexibility index (Phi) is 4.31. The summed E-state index contributed by atoms with van der Waals surface area (Å²) in [5, 5.41) is 0. The molecule has 2 rings (SSSR count). The number of Topliss-reactive ketones (excluding diaryl/α,β-unsaturated/α-hetero) is 1. The Morgan fingerprint density at radius 3 is 2.65 bits per heavy atom. The summed E-state index contributed by atoms with van der Waals surface area (Å²) in [7, 11) is 0. The molecule has 0 unspecified atom stereocenters. The maximum absolute atomic E-state index is 12.1. The van der Waals surface area contributed by atoms with Gasteiger partial charge in [-0.25, -0.2) is 0 Å². The first-order valence-corrected chi connectivity index (χ1v) is 6.72. The number of nitrogens with zero attached hydrogens (tertiary/aromatic N) is 1. The van der Waals surface area contributed by atoms with Crippen molar-refractivity contribution < 1.29 is 4.79 Å². The molecule has 1 aromatic rings. The van der Waals surface area contributed by atoms with Crippen molar-refractivity contribution in [2.75, 3.05) is 19.6 Å². The van der Waals surface area contributed by atoms with Gasteiger partial charge in [0, 0.05) is 29.2 Å². The molecule has 0 amide bonds. The minimum atomic E-state index is 0.174. The summed E-state index contributed by atoms with van der Waals surface area (Å²) in [5.41, 5.74) is 6.61. The lowest BCUT2D eigenvalue weighted by atomic mass is 10.0. The number of ketones is 1. The lowest BCUT2D eigenvalue weighted by molar-refractivity contribution is 0.0909. The molecule has 0 aromatic heterocycles. The van der Waals surface area contributed by atoms with Crippen LogP contribution in [-0.4, -0.2) is 36.4 Å². The molecule has 0 radical (unpaired) electrons. The van der Waals surface area contributed by atoms with Crippen molar-refractivity contribution in [1.29, 1.82) is 0 Å². The Morgan fingerprint density at radius 2 is 2.00 bits per heavy atom. The third-order valence-corrected chi connectivity index (χ3v) is 3.87. The minimum Gasteiger partial charge on any atom is -0.328 e. The number of carbonyl (C=O) groups is 1. The van der Waals surface area contributed by atoms with Crippen LogP contribution in [0.4, 0.5) is 0 Å². The van der Waals surface area contributed by atoms with Crippen molar-refractivity contribution in [1.82, 2.24) is 4.90 Å². The van der Waals surface area contributed by atoms with E-state index < -0.39 is 0 Å². The van der Waals surface area contributed by atoms with Crippen molar-refractivity contribution in [3.8, 4) is 0 Å². The predicted octanol–water partition coefficient (Wildman–Crippen LogP) is 2.05. The molecule has 1 saturated heterocycles. The van der Waals surface area contributed by atoms with Crippen LogP contribution in [0.3, 0.4) is 0 Å². The first-order valence-electron chi connectivity index (χ1n) is 5.92. The van der Waals surface area contributed by atoms with E-state index in [9.17, 15) is 4.79 Å². The Morgan fingerprint density at radius 1 is 1.35 bits per heavy atom. The van der Waals surface area contributed by atoms with Crippen LogP contribution in [0.15, 0.2) is 28.7 Å². The molecule has 0 spiro atoms. The monoisotopic (exact) mass is 296 g/mol. The highest BCUT2D eigenvalue weighted by molar-refractivity contribution is 9.10. The highest BCUT2D eigenvalue weighted by Gasteiger charge is 2.19. The van der Waals surface area contributed by atoms with E-state index in [0.717, 1.165) is 36.0 Å². The summed E-state index contributed by atoms with van der Waals surface area (Å²) in [6.07, 6.45) is 1.98. The average molecular weight is 297 g/mol. The number of rotatable bonds is 3. The Balaban J connectivity index is 1.96. The number of benzene rings is 1. The molecule has 0 bridgehead atoms. The zero-order valence-corrected chi connectivity index (χ0v) is 11.3. The molecule has 2 N–H and O–H groups in total. The van der Waals surface area contributed by atoms with Gasteiger partial charge in [-0.15, -0.1) is 0 Å². The zero-order chi connectivity index (χ0) is 12.3. The standard InChI is InChI=1S/C13H17BrN2O/c14-12-4-2-1-3-11(12)13(17)9-16-7-5-10(15)6-8-16/h1-4,10H,5-9,15H2. The number of piperidine rings is 1. The second-order valence-electron chi connectivity index (χ2n) is 4.52. The Hall–Kier alpha value is -0.710. The number of likely N-dealkylation sites (tertiary alicyclic amines) is 1. The summed E-state index contributed by atoms with van der Waals surface area (Å²) in [5.74, 6) is 0.174. The molecule has 1 aromatic carbocycles. The Labute approximate surface area is 110 Å². The molecule has 4 heteroatoms. The van der Waals surface area contributed by atoms with Gasteiger partial charge in [0.1, 0.15) is 0 Å². The lowest BCUT2D eigenvalue weighted by Crippen LogP contribution is -2.41. The number of carbonyl (C=O) groups excluding carboxylic acids is 1. The van der Waals surface area contributed by atoms with Crippen LogP contribution in [-0.2, 0) is 0 Å². The fourth-order valence-electron chi connectivity index (χ4n) is 2.09. The van der Waals surface area contributed by atoms with Crippen molar-refractivity contribution in [3.05, 3.63) is 34.3 Å². The van der Waals surface area contributed by atoms with Gasteiger partial charge in [-0.05, 0) is 18.9 Å². The molecule has 1 aliphatic rings. The minimum absolute atomic E-state index is 0.174. The number of hydrogen-bond acceptors (Lipinski definition) is 3. The zero-order valence-electron chi connectivity index (χ0n) is 9.73. The summed E-state index contributed by atoms with van der Waals surface area (Å²) in [6, 6.07) is 7.89. The molecule has 0 saturated carbocycles. The van der Waals surface area contributed by atoms with Gasteiger partial charge in [0.2, 0.25) is 0 Å². The topological polar surface area (TPSA) is 46.3 Å². The van der Waals surface area contributed by atoms with Gasteiger partial charge in [-0.2, -0.15) is 0 Å². The van der Waals surface area contributed by atoms with E-state index in [-0.39, 0.29) is 5.78 Å². The molecule has 17 heavy (non-hydrogen) atoms. The van der Waals surface area contributed by atoms with Crippen LogP contribution in [0.2, 0.25) is 0 Å². The van der Waals surface area contributed by atoms with Crippen LogP contribution in [0.25, 0.3) is 0 Å². The molecule has 0 aliphatic carbocycles. The van der Waals surface area contributed by atoms with Gasteiger partial charge in [0.25, 0.3) is 0 Å². The molecular formula is C13H17BrN2O. The van der Waals surface area contributed by atoms with E-state index in [4.69, 9.17) is 5.73 Å². The van der Waals surface area contributed by atoms with E-state index in [1.165, 1.54) is 0 Å². The molecule has 1 aliphatic heterocycles. The van der Waals surface area contributed by atoms with E-state index in [1.807, 2.05) is 24.3 Å². The van der Waals surface area contributed by atoms with Gasteiger partial charge in [-0.3, -0.25) is 9.69 Å². The maximum Gasteiger partial charge on any atom is 0.177 e. The first kappa shape index (κ1) is 12.7. The van der Waals surface area contributed by atoms with E-state index in [0.29, 0.717) is 12.6 Å². The van der Waals surface area contributed by atoms with Crippen molar-refractivity contribution >= 4 is 21.7 Å². The molecule has 0 atom stereocenters. The van der Waals surface area contributed by atoms with Gasteiger partial charge in [-0.1, -0.05) is 34.1 Å². The fourth-order valence-corrected chi connectivity index (χ4v) is 2.59. The average Bonchev–Trinajstić information content (AvgIpc) is 2.32. The largest absolute Gasteiger partial charge is 0.328 e. The van der Waals surface area contributed by atoms with Crippen LogP contribution < -0.4 is 5.73 Å². The smallest absolute Gasteiger partial charge is 0.177 e. The summed E-state index contributed by atoms with van der Waals surface area (Å²) in [4.78, 5) is 14.3. The quantitative estimate of drug-likeness (QED) is 0.869. The van der Waals surface area contributed by atoms with Gasteiger partial charge < -0.3 is 5.73 Å². The summed E-state index contributed by atoms with van der Waals surface area (Å²) in [6.45, 7) is 2.35. The van der Waals surface area contributed by atoms with Gasteiger partial charge >= 0.3 is 0 Å². The Bertz CT molecular complexity index is 400.